The Balaban J connectivity index is 2.12. The molecule has 1 unspecified atom stereocenters. The monoisotopic (exact) mass is 278 g/mol. The predicted octanol–water partition coefficient (Wildman–Crippen LogP) is 3.16. The second-order valence-electron chi connectivity index (χ2n) is 5.97. The molecule has 0 spiro atoms. The first-order valence-corrected chi connectivity index (χ1v) is 6.90. The van der Waals surface area contributed by atoms with Gasteiger partial charge >= 0.3 is 6.09 Å². The molecule has 1 fully saturated rings. The molecule has 0 saturated carbocycles. The predicted molar refractivity (Wildman–Crippen MR) is 75.7 cm³/mol. The summed E-state index contributed by atoms with van der Waals surface area (Å²) in [6.45, 7) is 6.37. The van der Waals surface area contributed by atoms with Crippen LogP contribution in [0.15, 0.2) is 18.3 Å². The molecule has 0 bridgehead atoms. The molecule has 110 valence electrons. The van der Waals surface area contributed by atoms with Gasteiger partial charge in [0.25, 0.3) is 0 Å². The Labute approximate surface area is 119 Å². The van der Waals surface area contributed by atoms with E-state index in [9.17, 15) is 4.79 Å². The van der Waals surface area contributed by atoms with E-state index in [0.717, 1.165) is 24.9 Å². The van der Waals surface area contributed by atoms with Crippen LogP contribution in [-0.2, 0) is 4.74 Å². The summed E-state index contributed by atoms with van der Waals surface area (Å²) in [6.07, 6.45) is 3.44. The summed E-state index contributed by atoms with van der Waals surface area (Å²) in [4.78, 5) is 18.2. The van der Waals surface area contributed by atoms with E-state index < -0.39 is 5.60 Å². The Bertz CT molecular complexity index is 465. The van der Waals surface area contributed by atoms with Gasteiger partial charge in [-0.05, 0) is 39.2 Å². The van der Waals surface area contributed by atoms with Crippen LogP contribution in [0.5, 0.6) is 5.88 Å². The largest absolute Gasteiger partial charge is 0.481 e. The van der Waals surface area contributed by atoms with Crippen molar-refractivity contribution in [2.45, 2.75) is 45.3 Å². The van der Waals surface area contributed by atoms with E-state index in [1.807, 2.05) is 32.9 Å². The standard InChI is InChI=1S/C15H22N2O3/c1-15(2,3)20-14(18)17-9-5-6-12(17)11-7-8-13(19-4)16-10-11/h7-8,10,12H,5-6,9H2,1-4H3. The van der Waals surface area contributed by atoms with E-state index >= 15 is 0 Å². The van der Waals surface area contributed by atoms with Crippen molar-refractivity contribution >= 4 is 6.09 Å². The van der Waals surface area contributed by atoms with Gasteiger partial charge in [-0.25, -0.2) is 9.78 Å². The zero-order valence-corrected chi connectivity index (χ0v) is 12.5. The van der Waals surface area contributed by atoms with Gasteiger partial charge in [0.1, 0.15) is 5.60 Å². The van der Waals surface area contributed by atoms with Crippen molar-refractivity contribution in [3.8, 4) is 5.88 Å². The second kappa shape index (κ2) is 5.69. The van der Waals surface area contributed by atoms with Gasteiger partial charge in [0.05, 0.1) is 13.2 Å². The van der Waals surface area contributed by atoms with E-state index in [1.54, 1.807) is 18.2 Å². The molecular weight excluding hydrogens is 256 g/mol. The van der Waals surface area contributed by atoms with E-state index in [-0.39, 0.29) is 12.1 Å². The third kappa shape index (κ3) is 3.40. The Morgan fingerprint density at radius 2 is 2.15 bits per heavy atom. The molecule has 5 heteroatoms. The minimum Gasteiger partial charge on any atom is -0.481 e. The SMILES string of the molecule is COc1ccc(C2CCCN2C(=O)OC(C)(C)C)cn1. The van der Waals surface area contributed by atoms with E-state index in [0.29, 0.717) is 5.88 Å². The van der Waals surface area contributed by atoms with Crippen molar-refractivity contribution in [2.24, 2.45) is 0 Å². The van der Waals surface area contributed by atoms with Gasteiger partial charge in [0.2, 0.25) is 5.88 Å². The third-order valence-corrected chi connectivity index (χ3v) is 3.23. The van der Waals surface area contributed by atoms with E-state index in [1.165, 1.54) is 0 Å². The summed E-state index contributed by atoms with van der Waals surface area (Å²) in [5.41, 5.74) is 0.553. The zero-order chi connectivity index (χ0) is 14.8. The Morgan fingerprint density at radius 1 is 1.40 bits per heavy atom. The van der Waals surface area contributed by atoms with Gasteiger partial charge in [0.15, 0.2) is 0 Å². The number of nitrogens with zero attached hydrogens (tertiary/aromatic N) is 2. The van der Waals surface area contributed by atoms with Crippen LogP contribution in [-0.4, -0.2) is 35.2 Å². The quantitative estimate of drug-likeness (QED) is 0.833. The lowest BCUT2D eigenvalue weighted by atomic mass is 10.1. The van der Waals surface area contributed by atoms with Crippen LogP contribution in [0.3, 0.4) is 0 Å². The summed E-state index contributed by atoms with van der Waals surface area (Å²) in [7, 11) is 1.59. The fraction of sp³-hybridized carbons (Fsp3) is 0.600. The minimum atomic E-state index is -0.470. The molecule has 1 aromatic rings. The molecule has 1 aliphatic heterocycles. The number of carbonyl (C=O) groups is 1. The maximum atomic E-state index is 12.2. The van der Waals surface area contributed by atoms with Gasteiger partial charge < -0.3 is 14.4 Å². The Hall–Kier alpha value is -1.78. The van der Waals surface area contributed by atoms with Crippen molar-refractivity contribution in [3.05, 3.63) is 23.9 Å². The fourth-order valence-corrected chi connectivity index (χ4v) is 2.36. The van der Waals surface area contributed by atoms with Crippen molar-refractivity contribution in [1.82, 2.24) is 9.88 Å². The molecular formula is C15H22N2O3. The van der Waals surface area contributed by atoms with E-state index in [4.69, 9.17) is 9.47 Å². The highest BCUT2D eigenvalue weighted by Gasteiger charge is 2.33. The smallest absolute Gasteiger partial charge is 0.410 e. The molecule has 1 atom stereocenters. The number of hydrogen-bond acceptors (Lipinski definition) is 4. The number of pyridine rings is 1. The molecule has 0 radical (unpaired) electrons. The minimum absolute atomic E-state index is 0.0447. The summed E-state index contributed by atoms with van der Waals surface area (Å²) in [5, 5.41) is 0. The average molecular weight is 278 g/mol. The highest BCUT2D eigenvalue weighted by molar-refractivity contribution is 5.69. The number of carbonyl (C=O) groups excluding carboxylic acids is 1. The highest BCUT2D eigenvalue weighted by Crippen LogP contribution is 2.33. The molecule has 5 nitrogen and oxygen atoms in total. The molecule has 0 aromatic carbocycles. The lowest BCUT2D eigenvalue weighted by Crippen LogP contribution is -2.36. The molecule has 20 heavy (non-hydrogen) atoms. The molecule has 2 rings (SSSR count). The number of rotatable bonds is 2. The average Bonchev–Trinajstić information content (AvgIpc) is 2.86. The topological polar surface area (TPSA) is 51.7 Å². The molecule has 1 aromatic heterocycles. The van der Waals surface area contributed by atoms with Gasteiger partial charge in [-0.1, -0.05) is 6.07 Å². The Morgan fingerprint density at radius 3 is 2.70 bits per heavy atom. The molecule has 1 aliphatic rings. The summed E-state index contributed by atoms with van der Waals surface area (Å²) in [6, 6.07) is 3.82. The zero-order valence-electron chi connectivity index (χ0n) is 12.5. The van der Waals surface area contributed by atoms with Crippen LogP contribution in [0, 0.1) is 0 Å². The van der Waals surface area contributed by atoms with Crippen LogP contribution >= 0.6 is 0 Å². The van der Waals surface area contributed by atoms with Gasteiger partial charge in [-0.2, -0.15) is 0 Å². The number of amides is 1. The highest BCUT2D eigenvalue weighted by atomic mass is 16.6. The summed E-state index contributed by atoms with van der Waals surface area (Å²) >= 11 is 0. The van der Waals surface area contributed by atoms with Crippen LogP contribution in [0.1, 0.15) is 45.2 Å². The van der Waals surface area contributed by atoms with Gasteiger partial charge in [0, 0.05) is 18.8 Å². The normalized spacial score (nSPS) is 19.0. The third-order valence-electron chi connectivity index (χ3n) is 3.23. The lowest BCUT2D eigenvalue weighted by Gasteiger charge is -2.28. The first kappa shape index (κ1) is 14.6. The van der Waals surface area contributed by atoms with Crippen LogP contribution in [0.25, 0.3) is 0 Å². The summed E-state index contributed by atoms with van der Waals surface area (Å²) in [5.74, 6) is 0.579. The molecule has 1 saturated heterocycles. The van der Waals surface area contributed by atoms with Gasteiger partial charge in [-0.3, -0.25) is 0 Å². The Kier molecular flexibility index (Phi) is 4.16. The molecule has 0 aliphatic carbocycles. The van der Waals surface area contributed by atoms with Crippen molar-refractivity contribution in [1.29, 1.82) is 0 Å². The summed E-state index contributed by atoms with van der Waals surface area (Å²) < 4.78 is 10.5. The van der Waals surface area contributed by atoms with Crippen molar-refractivity contribution in [2.75, 3.05) is 13.7 Å². The van der Waals surface area contributed by atoms with Gasteiger partial charge in [-0.15, -0.1) is 0 Å². The van der Waals surface area contributed by atoms with Crippen molar-refractivity contribution < 1.29 is 14.3 Å². The molecule has 1 amide bonds. The number of ether oxygens (including phenoxy) is 2. The molecule has 0 N–H and O–H groups in total. The fourth-order valence-electron chi connectivity index (χ4n) is 2.36. The number of methoxy groups -OCH3 is 1. The van der Waals surface area contributed by atoms with E-state index in [2.05, 4.69) is 4.98 Å². The molecule has 2 heterocycles. The van der Waals surface area contributed by atoms with Crippen LogP contribution in [0.4, 0.5) is 4.79 Å². The van der Waals surface area contributed by atoms with Crippen LogP contribution < -0.4 is 4.74 Å². The first-order chi connectivity index (χ1) is 9.40. The first-order valence-electron chi connectivity index (χ1n) is 6.90. The number of likely N-dealkylation sites (tertiary alicyclic amines) is 1. The maximum absolute atomic E-state index is 12.2. The number of aromatic nitrogens is 1. The maximum Gasteiger partial charge on any atom is 0.410 e. The van der Waals surface area contributed by atoms with Crippen LogP contribution in [0.2, 0.25) is 0 Å². The van der Waals surface area contributed by atoms with Crippen molar-refractivity contribution in [3.63, 3.8) is 0 Å². The second-order valence-corrected chi connectivity index (χ2v) is 5.97. The lowest BCUT2D eigenvalue weighted by molar-refractivity contribution is 0.0224. The number of hydrogen-bond donors (Lipinski definition) is 0.